The predicted octanol–water partition coefficient (Wildman–Crippen LogP) is 1.41. The molecule has 2 heterocycles. The Morgan fingerprint density at radius 3 is 2.53 bits per heavy atom. The van der Waals surface area contributed by atoms with Crippen LogP contribution in [0.5, 0.6) is 0 Å². The highest BCUT2D eigenvalue weighted by Crippen LogP contribution is 2.25. The minimum Gasteiger partial charge on any atom is -0.324 e. The van der Waals surface area contributed by atoms with E-state index >= 15 is 0 Å². The summed E-state index contributed by atoms with van der Waals surface area (Å²) in [6, 6.07) is -0.0867. The van der Waals surface area contributed by atoms with E-state index in [4.69, 9.17) is 5.73 Å². The second-order valence-corrected chi connectivity index (χ2v) is 5.52. The first kappa shape index (κ1) is 12.6. The second-order valence-electron chi connectivity index (χ2n) is 5.52. The van der Waals surface area contributed by atoms with Gasteiger partial charge in [0.1, 0.15) is 6.17 Å². The highest BCUT2D eigenvalue weighted by atomic mass is 19.1. The highest BCUT2D eigenvalue weighted by Gasteiger charge is 2.36. The van der Waals surface area contributed by atoms with Gasteiger partial charge in [-0.15, -0.1) is 0 Å². The number of alkyl halides is 1. The van der Waals surface area contributed by atoms with Crippen molar-refractivity contribution in [3.05, 3.63) is 0 Å². The van der Waals surface area contributed by atoms with Crippen LogP contribution in [-0.4, -0.2) is 47.8 Å². The molecule has 2 aliphatic rings. The van der Waals surface area contributed by atoms with Gasteiger partial charge < -0.3 is 15.5 Å². The molecule has 17 heavy (non-hydrogen) atoms. The lowest BCUT2D eigenvalue weighted by atomic mass is 9.89. The van der Waals surface area contributed by atoms with Crippen molar-refractivity contribution >= 4 is 6.03 Å². The SMILES string of the molecule is CC1CCN(C(=O)N2CC(F)CC2N)CC1C. The Balaban J connectivity index is 1.96. The number of hydrogen-bond donors (Lipinski definition) is 1. The van der Waals surface area contributed by atoms with Gasteiger partial charge in [0.15, 0.2) is 0 Å². The fourth-order valence-electron chi connectivity index (χ4n) is 2.65. The quantitative estimate of drug-likeness (QED) is 0.699. The first-order chi connectivity index (χ1) is 7.99. The van der Waals surface area contributed by atoms with Gasteiger partial charge in [-0.2, -0.15) is 0 Å². The lowest BCUT2D eigenvalue weighted by Crippen LogP contribution is -2.52. The standard InChI is InChI=1S/C12H22FN3O/c1-8-3-4-15(6-9(8)2)12(17)16-7-10(13)5-11(16)14/h8-11H,3-7,14H2,1-2H3. The number of hydrogen-bond acceptors (Lipinski definition) is 2. The summed E-state index contributed by atoms with van der Waals surface area (Å²) in [5.41, 5.74) is 5.78. The van der Waals surface area contributed by atoms with Crippen molar-refractivity contribution in [2.75, 3.05) is 19.6 Å². The molecule has 4 nitrogen and oxygen atoms in total. The largest absolute Gasteiger partial charge is 0.324 e. The van der Waals surface area contributed by atoms with E-state index in [0.29, 0.717) is 11.8 Å². The molecule has 0 saturated carbocycles. The third kappa shape index (κ3) is 2.54. The van der Waals surface area contributed by atoms with E-state index in [9.17, 15) is 9.18 Å². The van der Waals surface area contributed by atoms with Gasteiger partial charge in [-0.25, -0.2) is 9.18 Å². The normalized spacial score (nSPS) is 38.6. The molecule has 0 spiro atoms. The van der Waals surface area contributed by atoms with Crippen molar-refractivity contribution in [3.8, 4) is 0 Å². The molecule has 2 amide bonds. The number of carbonyl (C=O) groups excluding carboxylic acids is 1. The summed E-state index contributed by atoms with van der Waals surface area (Å²) >= 11 is 0. The van der Waals surface area contributed by atoms with Crippen LogP contribution < -0.4 is 5.73 Å². The van der Waals surface area contributed by atoms with Crippen LogP contribution in [0.15, 0.2) is 0 Å². The van der Waals surface area contributed by atoms with Crippen molar-refractivity contribution in [2.45, 2.75) is 39.0 Å². The summed E-state index contributed by atoms with van der Waals surface area (Å²) in [6.45, 7) is 6.06. The molecule has 0 radical (unpaired) electrons. The molecule has 0 aromatic heterocycles. The topological polar surface area (TPSA) is 49.6 Å². The number of likely N-dealkylation sites (tertiary alicyclic amines) is 2. The first-order valence-corrected chi connectivity index (χ1v) is 6.44. The Labute approximate surface area is 102 Å². The molecule has 2 saturated heterocycles. The van der Waals surface area contributed by atoms with Crippen LogP contribution >= 0.6 is 0 Å². The van der Waals surface area contributed by atoms with Crippen LogP contribution in [-0.2, 0) is 0 Å². The molecule has 0 bridgehead atoms. The molecule has 5 heteroatoms. The van der Waals surface area contributed by atoms with Crippen LogP contribution in [0.4, 0.5) is 9.18 Å². The van der Waals surface area contributed by atoms with Crippen molar-refractivity contribution in [1.29, 1.82) is 0 Å². The minimum absolute atomic E-state index is 0.0867. The molecule has 2 aliphatic heterocycles. The second kappa shape index (κ2) is 4.80. The highest BCUT2D eigenvalue weighted by molar-refractivity contribution is 5.75. The van der Waals surface area contributed by atoms with E-state index in [1.54, 1.807) is 0 Å². The van der Waals surface area contributed by atoms with Gasteiger partial charge in [-0.05, 0) is 18.3 Å². The van der Waals surface area contributed by atoms with Crippen molar-refractivity contribution in [2.24, 2.45) is 17.6 Å². The Morgan fingerprint density at radius 2 is 2.00 bits per heavy atom. The van der Waals surface area contributed by atoms with Crippen LogP contribution in [0.1, 0.15) is 26.7 Å². The third-order valence-corrected chi connectivity index (χ3v) is 4.14. The molecule has 0 aromatic rings. The monoisotopic (exact) mass is 243 g/mol. The predicted molar refractivity (Wildman–Crippen MR) is 64.1 cm³/mol. The van der Waals surface area contributed by atoms with Gasteiger partial charge in [0.2, 0.25) is 0 Å². The van der Waals surface area contributed by atoms with E-state index in [0.717, 1.165) is 19.5 Å². The molecule has 4 unspecified atom stereocenters. The van der Waals surface area contributed by atoms with Crippen LogP contribution in [0.2, 0.25) is 0 Å². The maximum absolute atomic E-state index is 13.2. The molecule has 0 aromatic carbocycles. The third-order valence-electron chi connectivity index (χ3n) is 4.14. The van der Waals surface area contributed by atoms with E-state index in [-0.39, 0.29) is 19.0 Å². The van der Waals surface area contributed by atoms with E-state index in [1.165, 1.54) is 4.90 Å². The van der Waals surface area contributed by atoms with Gasteiger partial charge in [-0.1, -0.05) is 13.8 Å². The minimum atomic E-state index is -0.963. The Kier molecular flexibility index (Phi) is 3.56. The molecule has 2 fully saturated rings. The summed E-state index contributed by atoms with van der Waals surface area (Å²) in [5.74, 6) is 1.16. The van der Waals surface area contributed by atoms with Crippen molar-refractivity contribution in [1.82, 2.24) is 9.80 Å². The number of amides is 2. The number of nitrogens with zero attached hydrogens (tertiary/aromatic N) is 2. The fraction of sp³-hybridized carbons (Fsp3) is 0.917. The first-order valence-electron chi connectivity index (χ1n) is 6.44. The van der Waals surface area contributed by atoms with Crippen LogP contribution in [0, 0.1) is 11.8 Å². The average Bonchev–Trinajstić information content (AvgIpc) is 2.61. The lowest BCUT2D eigenvalue weighted by molar-refractivity contribution is 0.110. The lowest BCUT2D eigenvalue weighted by Gasteiger charge is -2.38. The van der Waals surface area contributed by atoms with Crippen molar-refractivity contribution < 1.29 is 9.18 Å². The zero-order chi connectivity index (χ0) is 12.6. The van der Waals surface area contributed by atoms with E-state index in [1.807, 2.05) is 4.90 Å². The van der Waals surface area contributed by atoms with Gasteiger partial charge in [0, 0.05) is 19.5 Å². The summed E-state index contributed by atoms with van der Waals surface area (Å²) in [4.78, 5) is 15.5. The van der Waals surface area contributed by atoms with E-state index < -0.39 is 12.3 Å². The Bertz CT molecular complexity index is 299. The number of urea groups is 1. The maximum Gasteiger partial charge on any atom is 0.321 e. The average molecular weight is 243 g/mol. The smallest absolute Gasteiger partial charge is 0.321 e. The fourth-order valence-corrected chi connectivity index (χ4v) is 2.65. The molecule has 0 aliphatic carbocycles. The van der Waals surface area contributed by atoms with Gasteiger partial charge in [-0.3, -0.25) is 0 Å². The maximum atomic E-state index is 13.2. The van der Waals surface area contributed by atoms with Gasteiger partial charge in [0.05, 0.1) is 12.7 Å². The molecule has 4 atom stereocenters. The Morgan fingerprint density at radius 1 is 1.29 bits per heavy atom. The van der Waals surface area contributed by atoms with E-state index in [2.05, 4.69) is 13.8 Å². The zero-order valence-electron chi connectivity index (χ0n) is 10.6. The molecular weight excluding hydrogens is 221 g/mol. The number of piperidine rings is 1. The van der Waals surface area contributed by atoms with Crippen molar-refractivity contribution in [3.63, 3.8) is 0 Å². The molecule has 2 N–H and O–H groups in total. The summed E-state index contributed by atoms with van der Waals surface area (Å²) in [6.07, 6.45) is -0.122. The number of rotatable bonds is 0. The molecule has 2 rings (SSSR count). The summed E-state index contributed by atoms with van der Waals surface area (Å²) in [7, 11) is 0. The molecular formula is C12H22FN3O. The summed E-state index contributed by atoms with van der Waals surface area (Å²) < 4.78 is 13.2. The zero-order valence-corrected chi connectivity index (χ0v) is 10.6. The number of nitrogens with two attached hydrogens (primary N) is 1. The van der Waals surface area contributed by atoms with Crippen LogP contribution in [0.3, 0.4) is 0 Å². The van der Waals surface area contributed by atoms with Crippen LogP contribution in [0.25, 0.3) is 0 Å². The van der Waals surface area contributed by atoms with Gasteiger partial charge >= 0.3 is 6.03 Å². The van der Waals surface area contributed by atoms with Gasteiger partial charge in [0.25, 0.3) is 0 Å². The number of halogens is 1. The Hall–Kier alpha value is -0.840. The summed E-state index contributed by atoms with van der Waals surface area (Å²) in [5, 5.41) is 0. The molecule has 98 valence electrons. The number of carbonyl (C=O) groups is 1.